The number of hydrogen-bond donors (Lipinski definition) is 0. The molecule has 1 aliphatic heterocycles. The molecule has 0 aromatic heterocycles. The van der Waals surface area contributed by atoms with Crippen molar-refractivity contribution in [3.05, 3.63) is 65.2 Å². The number of halogens is 2. The molecule has 1 aliphatic rings. The molecule has 0 unspecified atom stereocenters. The molecule has 0 saturated carbocycles. The highest BCUT2D eigenvalue weighted by molar-refractivity contribution is 5.99. The van der Waals surface area contributed by atoms with E-state index in [-0.39, 0.29) is 17.9 Å². The van der Waals surface area contributed by atoms with Gasteiger partial charge in [-0.2, -0.15) is 0 Å². The number of anilines is 1. The summed E-state index contributed by atoms with van der Waals surface area (Å²) in [5, 5.41) is 0. The second-order valence-electron chi connectivity index (χ2n) is 4.85. The summed E-state index contributed by atoms with van der Waals surface area (Å²) < 4.78 is 26.4. The summed E-state index contributed by atoms with van der Waals surface area (Å²) >= 11 is 0. The molecule has 2 nitrogen and oxygen atoms in total. The van der Waals surface area contributed by atoms with Gasteiger partial charge in [0.2, 0.25) is 0 Å². The fraction of sp³-hybridized carbons (Fsp3) is 0.188. The maximum atomic E-state index is 13.6. The first-order chi connectivity index (χ1) is 9.65. The smallest absolute Gasteiger partial charge is 0.185 e. The van der Waals surface area contributed by atoms with Gasteiger partial charge in [0.25, 0.3) is 0 Å². The molecule has 0 amide bonds. The maximum Gasteiger partial charge on any atom is 0.185 e. The van der Waals surface area contributed by atoms with E-state index in [1.165, 1.54) is 11.6 Å². The first-order valence-electron chi connectivity index (χ1n) is 6.46. The maximum absolute atomic E-state index is 13.6. The monoisotopic (exact) mass is 273 g/mol. The van der Waals surface area contributed by atoms with Crippen LogP contribution in [0.1, 0.15) is 15.9 Å². The first kappa shape index (κ1) is 12.8. The Morgan fingerprint density at radius 2 is 1.95 bits per heavy atom. The zero-order chi connectivity index (χ0) is 14.1. The van der Waals surface area contributed by atoms with E-state index in [0.717, 1.165) is 30.8 Å². The minimum Gasteiger partial charge on any atom is -0.363 e. The number of fused-ring (bicyclic) bond motifs is 1. The van der Waals surface area contributed by atoms with Crippen molar-refractivity contribution < 1.29 is 13.6 Å². The third-order valence-corrected chi connectivity index (χ3v) is 3.55. The van der Waals surface area contributed by atoms with Crippen LogP contribution in [0.4, 0.5) is 14.5 Å². The molecule has 0 aliphatic carbocycles. The first-order valence-corrected chi connectivity index (χ1v) is 6.46. The van der Waals surface area contributed by atoms with Crippen LogP contribution in [0.15, 0.2) is 42.5 Å². The lowest BCUT2D eigenvalue weighted by Crippen LogP contribution is -2.28. The van der Waals surface area contributed by atoms with Crippen LogP contribution < -0.4 is 4.90 Å². The third kappa shape index (κ3) is 2.29. The number of para-hydroxylation sites is 1. The number of rotatable bonds is 3. The number of nitrogens with zero attached hydrogens (tertiary/aromatic N) is 1. The van der Waals surface area contributed by atoms with Crippen LogP contribution in [0.2, 0.25) is 0 Å². The highest BCUT2D eigenvalue weighted by atomic mass is 19.1. The van der Waals surface area contributed by atoms with Gasteiger partial charge in [0, 0.05) is 18.3 Å². The second-order valence-corrected chi connectivity index (χ2v) is 4.85. The van der Waals surface area contributed by atoms with Gasteiger partial charge in [0.05, 0.1) is 12.1 Å². The summed E-state index contributed by atoms with van der Waals surface area (Å²) in [6.45, 7) is 0.855. The Morgan fingerprint density at radius 3 is 2.75 bits per heavy atom. The molecule has 20 heavy (non-hydrogen) atoms. The van der Waals surface area contributed by atoms with E-state index in [1.54, 1.807) is 0 Å². The number of ketones is 1. The van der Waals surface area contributed by atoms with Crippen molar-refractivity contribution in [2.24, 2.45) is 0 Å². The average Bonchev–Trinajstić information content (AvgIpc) is 2.82. The molecule has 2 aromatic carbocycles. The molecular formula is C16H13F2NO. The van der Waals surface area contributed by atoms with Crippen LogP contribution in [-0.2, 0) is 6.42 Å². The number of benzene rings is 2. The van der Waals surface area contributed by atoms with E-state index >= 15 is 0 Å². The molecule has 0 fully saturated rings. The molecule has 1 heterocycles. The van der Waals surface area contributed by atoms with Gasteiger partial charge in [-0.05, 0) is 30.2 Å². The summed E-state index contributed by atoms with van der Waals surface area (Å²) in [6, 6.07) is 10.9. The Hall–Kier alpha value is -2.23. The van der Waals surface area contributed by atoms with Gasteiger partial charge in [0.15, 0.2) is 5.78 Å². The number of carbonyl (C=O) groups excluding carboxylic acids is 1. The van der Waals surface area contributed by atoms with Gasteiger partial charge in [0.1, 0.15) is 11.6 Å². The summed E-state index contributed by atoms with van der Waals surface area (Å²) in [5.41, 5.74) is 2.15. The van der Waals surface area contributed by atoms with Gasteiger partial charge in [-0.25, -0.2) is 8.78 Å². The topological polar surface area (TPSA) is 20.3 Å². The molecule has 0 spiro atoms. The molecule has 0 saturated heterocycles. The van der Waals surface area contributed by atoms with Gasteiger partial charge < -0.3 is 4.90 Å². The van der Waals surface area contributed by atoms with Crippen molar-refractivity contribution in [1.82, 2.24) is 0 Å². The largest absolute Gasteiger partial charge is 0.363 e. The molecule has 0 N–H and O–H groups in total. The van der Waals surface area contributed by atoms with Crippen molar-refractivity contribution in [2.45, 2.75) is 6.42 Å². The number of Topliss-reactive ketones (excluding diaryl/α,β-unsaturated/α-hetero) is 1. The lowest BCUT2D eigenvalue weighted by molar-refractivity contribution is 0.0995. The normalized spacial score (nSPS) is 13.4. The van der Waals surface area contributed by atoms with E-state index in [0.29, 0.717) is 0 Å². The lowest BCUT2D eigenvalue weighted by Gasteiger charge is -2.18. The summed E-state index contributed by atoms with van der Waals surface area (Å²) in [4.78, 5) is 14.1. The van der Waals surface area contributed by atoms with Gasteiger partial charge in [-0.1, -0.05) is 18.2 Å². The Bertz CT molecular complexity index is 669. The quantitative estimate of drug-likeness (QED) is 0.800. The summed E-state index contributed by atoms with van der Waals surface area (Å²) in [5.74, 6) is -1.81. The van der Waals surface area contributed by atoms with Crippen LogP contribution >= 0.6 is 0 Å². The Balaban J connectivity index is 1.81. The molecule has 102 valence electrons. The van der Waals surface area contributed by atoms with E-state index in [4.69, 9.17) is 0 Å². The minimum atomic E-state index is -0.803. The van der Waals surface area contributed by atoms with Crippen molar-refractivity contribution in [3.63, 3.8) is 0 Å². The molecule has 0 radical (unpaired) electrons. The van der Waals surface area contributed by atoms with Crippen LogP contribution in [-0.4, -0.2) is 18.9 Å². The van der Waals surface area contributed by atoms with Gasteiger partial charge >= 0.3 is 0 Å². The van der Waals surface area contributed by atoms with Crippen LogP contribution in [0.3, 0.4) is 0 Å². The third-order valence-electron chi connectivity index (χ3n) is 3.55. The van der Waals surface area contributed by atoms with E-state index < -0.39 is 11.6 Å². The summed E-state index contributed by atoms with van der Waals surface area (Å²) in [6.07, 6.45) is 0.884. The predicted molar refractivity (Wildman–Crippen MR) is 73.0 cm³/mol. The fourth-order valence-electron chi connectivity index (χ4n) is 2.54. The van der Waals surface area contributed by atoms with Gasteiger partial charge in [-0.3, -0.25) is 4.79 Å². The zero-order valence-electron chi connectivity index (χ0n) is 10.8. The van der Waals surface area contributed by atoms with Gasteiger partial charge in [-0.15, -0.1) is 0 Å². The SMILES string of the molecule is O=C(CN1CCc2ccccc21)c1ccc(F)cc1F. The van der Waals surface area contributed by atoms with Crippen LogP contribution in [0, 0.1) is 11.6 Å². The number of carbonyl (C=O) groups is 1. The summed E-state index contributed by atoms with van der Waals surface area (Å²) in [7, 11) is 0. The molecule has 2 aromatic rings. The predicted octanol–water partition coefficient (Wildman–Crippen LogP) is 3.21. The Morgan fingerprint density at radius 1 is 1.15 bits per heavy atom. The van der Waals surface area contributed by atoms with Crippen LogP contribution in [0.25, 0.3) is 0 Å². The van der Waals surface area contributed by atoms with E-state index in [1.807, 2.05) is 29.2 Å². The second kappa shape index (κ2) is 5.04. The van der Waals surface area contributed by atoms with Crippen LogP contribution in [0.5, 0.6) is 0 Å². The molecular weight excluding hydrogens is 260 g/mol. The average molecular weight is 273 g/mol. The molecule has 4 heteroatoms. The van der Waals surface area contributed by atoms with Crippen molar-refractivity contribution in [1.29, 1.82) is 0 Å². The van der Waals surface area contributed by atoms with Crippen molar-refractivity contribution >= 4 is 11.5 Å². The molecule has 0 bridgehead atoms. The minimum absolute atomic E-state index is 0.0595. The van der Waals surface area contributed by atoms with Crippen molar-refractivity contribution in [3.8, 4) is 0 Å². The Kier molecular flexibility index (Phi) is 3.22. The highest BCUT2D eigenvalue weighted by Gasteiger charge is 2.22. The lowest BCUT2D eigenvalue weighted by atomic mass is 10.1. The molecule has 3 rings (SSSR count). The standard InChI is InChI=1S/C16H13F2NO/c17-12-5-6-13(14(18)9-12)16(20)10-19-8-7-11-3-1-2-4-15(11)19/h1-6,9H,7-8,10H2. The highest BCUT2D eigenvalue weighted by Crippen LogP contribution is 2.27. The van der Waals surface area contributed by atoms with E-state index in [9.17, 15) is 13.6 Å². The number of hydrogen-bond acceptors (Lipinski definition) is 2. The van der Waals surface area contributed by atoms with E-state index in [2.05, 4.69) is 0 Å². The molecule has 0 atom stereocenters. The zero-order valence-corrected chi connectivity index (χ0v) is 10.8. The fourth-order valence-corrected chi connectivity index (χ4v) is 2.54. The van der Waals surface area contributed by atoms with Crippen molar-refractivity contribution in [2.75, 3.05) is 18.0 Å². The Labute approximate surface area is 115 Å².